The van der Waals surface area contributed by atoms with Gasteiger partial charge in [0.25, 0.3) is 0 Å². The van der Waals surface area contributed by atoms with E-state index in [9.17, 15) is 4.39 Å². The molecule has 0 atom stereocenters. The largest absolute Gasteiger partial charge is 0.380 e. The normalized spacial score (nSPS) is 17.1. The van der Waals surface area contributed by atoms with E-state index in [1.807, 2.05) is 12.3 Å². The van der Waals surface area contributed by atoms with Crippen LogP contribution < -0.4 is 10.6 Å². The standard InChI is InChI=1S/C17H23FN4O/c1-17(10-23-11-17)9-22-16(19-2)20-6-5-12-8-21-15-7-13(18)3-4-14(12)15/h3-4,7-8,21H,5-6,9-11H2,1-2H3,(H2,19,20,22). The minimum Gasteiger partial charge on any atom is -0.380 e. The van der Waals surface area contributed by atoms with E-state index in [1.54, 1.807) is 7.05 Å². The van der Waals surface area contributed by atoms with Crippen LogP contribution in [0.5, 0.6) is 0 Å². The molecule has 0 saturated carbocycles. The third kappa shape index (κ3) is 3.64. The molecule has 1 aromatic carbocycles. The number of hydrogen-bond acceptors (Lipinski definition) is 2. The first-order valence-electron chi connectivity index (χ1n) is 7.87. The van der Waals surface area contributed by atoms with Gasteiger partial charge in [0, 0.05) is 42.7 Å². The van der Waals surface area contributed by atoms with Gasteiger partial charge in [0.15, 0.2) is 5.96 Å². The molecule has 3 N–H and O–H groups in total. The van der Waals surface area contributed by atoms with Gasteiger partial charge in [0.05, 0.1) is 13.2 Å². The number of nitrogens with zero attached hydrogens (tertiary/aromatic N) is 1. The molecule has 0 radical (unpaired) electrons. The number of ether oxygens (including phenoxy) is 1. The smallest absolute Gasteiger partial charge is 0.191 e. The van der Waals surface area contributed by atoms with Crippen molar-refractivity contribution in [3.05, 3.63) is 35.8 Å². The summed E-state index contributed by atoms with van der Waals surface area (Å²) in [4.78, 5) is 7.35. The van der Waals surface area contributed by atoms with Crippen LogP contribution in [0.15, 0.2) is 29.4 Å². The molecule has 0 bridgehead atoms. The molecule has 2 aromatic rings. The molecule has 5 nitrogen and oxygen atoms in total. The van der Waals surface area contributed by atoms with Crippen molar-refractivity contribution in [2.75, 3.05) is 33.4 Å². The van der Waals surface area contributed by atoms with Crippen molar-refractivity contribution in [2.24, 2.45) is 10.4 Å². The average Bonchev–Trinajstić information content (AvgIpc) is 2.91. The second-order valence-electron chi connectivity index (χ2n) is 6.41. The molecule has 0 unspecified atom stereocenters. The molecule has 2 heterocycles. The van der Waals surface area contributed by atoms with Gasteiger partial charge < -0.3 is 20.4 Å². The third-order valence-electron chi connectivity index (χ3n) is 4.22. The fraction of sp³-hybridized carbons (Fsp3) is 0.471. The highest BCUT2D eigenvalue weighted by atomic mass is 19.1. The molecular weight excluding hydrogens is 295 g/mol. The number of guanidine groups is 1. The van der Waals surface area contributed by atoms with E-state index in [-0.39, 0.29) is 11.2 Å². The summed E-state index contributed by atoms with van der Waals surface area (Å²) in [5.74, 6) is 0.575. The van der Waals surface area contributed by atoms with Crippen LogP contribution in [-0.2, 0) is 11.2 Å². The van der Waals surface area contributed by atoms with Crippen LogP contribution >= 0.6 is 0 Å². The lowest BCUT2D eigenvalue weighted by Crippen LogP contribution is -2.51. The predicted molar refractivity (Wildman–Crippen MR) is 90.3 cm³/mol. The highest BCUT2D eigenvalue weighted by Gasteiger charge is 2.33. The van der Waals surface area contributed by atoms with Crippen LogP contribution in [0.2, 0.25) is 0 Å². The van der Waals surface area contributed by atoms with Gasteiger partial charge in [-0.05, 0) is 30.2 Å². The summed E-state index contributed by atoms with van der Waals surface area (Å²) in [6.45, 7) is 5.39. The van der Waals surface area contributed by atoms with Crippen molar-refractivity contribution in [1.29, 1.82) is 0 Å². The van der Waals surface area contributed by atoms with Crippen LogP contribution in [-0.4, -0.2) is 44.3 Å². The summed E-state index contributed by atoms with van der Waals surface area (Å²) in [6, 6.07) is 4.84. The monoisotopic (exact) mass is 318 g/mol. The summed E-state index contributed by atoms with van der Waals surface area (Å²) in [6.07, 6.45) is 2.78. The minimum atomic E-state index is -0.220. The van der Waals surface area contributed by atoms with Gasteiger partial charge in [-0.3, -0.25) is 4.99 Å². The molecule has 23 heavy (non-hydrogen) atoms. The minimum absolute atomic E-state index is 0.207. The lowest BCUT2D eigenvalue weighted by molar-refractivity contribution is -0.0971. The van der Waals surface area contributed by atoms with Crippen molar-refractivity contribution in [2.45, 2.75) is 13.3 Å². The Hall–Kier alpha value is -2.08. The maximum Gasteiger partial charge on any atom is 0.191 e. The summed E-state index contributed by atoms with van der Waals surface area (Å²) >= 11 is 0. The van der Waals surface area contributed by atoms with Gasteiger partial charge in [-0.1, -0.05) is 6.92 Å². The summed E-state index contributed by atoms with van der Waals surface area (Å²) < 4.78 is 18.5. The van der Waals surface area contributed by atoms with Crippen molar-refractivity contribution in [3.63, 3.8) is 0 Å². The molecule has 1 aliphatic heterocycles. The number of rotatable bonds is 5. The Balaban J connectivity index is 1.51. The Morgan fingerprint density at radius 3 is 2.91 bits per heavy atom. The highest BCUT2D eigenvalue weighted by molar-refractivity contribution is 5.83. The SMILES string of the molecule is CN=C(NCCc1c[nH]c2cc(F)ccc12)NCC1(C)COC1. The van der Waals surface area contributed by atoms with Gasteiger partial charge in [0.2, 0.25) is 0 Å². The Bertz CT molecular complexity index is 706. The highest BCUT2D eigenvalue weighted by Crippen LogP contribution is 2.25. The van der Waals surface area contributed by atoms with E-state index in [4.69, 9.17) is 4.74 Å². The molecule has 0 amide bonds. The molecule has 1 aromatic heterocycles. The fourth-order valence-corrected chi connectivity index (χ4v) is 2.75. The van der Waals surface area contributed by atoms with E-state index in [0.717, 1.165) is 49.6 Å². The first-order valence-corrected chi connectivity index (χ1v) is 7.87. The number of aliphatic imine (C=N–C) groups is 1. The van der Waals surface area contributed by atoms with Gasteiger partial charge in [-0.2, -0.15) is 0 Å². The van der Waals surface area contributed by atoms with Gasteiger partial charge in [-0.25, -0.2) is 4.39 Å². The second kappa shape index (κ2) is 6.58. The Kier molecular flexibility index (Phi) is 4.52. The molecule has 1 saturated heterocycles. The van der Waals surface area contributed by atoms with Crippen LogP contribution in [0, 0.1) is 11.2 Å². The van der Waals surface area contributed by atoms with Crippen LogP contribution in [0.4, 0.5) is 4.39 Å². The summed E-state index contributed by atoms with van der Waals surface area (Å²) in [7, 11) is 1.77. The van der Waals surface area contributed by atoms with Crippen molar-refractivity contribution in [1.82, 2.24) is 15.6 Å². The zero-order valence-electron chi connectivity index (χ0n) is 13.6. The van der Waals surface area contributed by atoms with E-state index < -0.39 is 0 Å². The molecule has 1 fully saturated rings. The molecule has 6 heteroatoms. The maximum atomic E-state index is 13.2. The Morgan fingerprint density at radius 2 is 2.22 bits per heavy atom. The zero-order valence-corrected chi connectivity index (χ0v) is 13.6. The number of halogens is 1. The molecule has 3 rings (SSSR count). The van der Waals surface area contributed by atoms with Crippen LogP contribution in [0.1, 0.15) is 12.5 Å². The number of nitrogens with one attached hydrogen (secondary N) is 3. The Labute approximate surface area is 135 Å². The number of aromatic nitrogens is 1. The first-order chi connectivity index (χ1) is 11.1. The van der Waals surface area contributed by atoms with E-state index in [2.05, 4.69) is 27.5 Å². The molecule has 0 spiro atoms. The topological polar surface area (TPSA) is 61.4 Å². The van der Waals surface area contributed by atoms with E-state index >= 15 is 0 Å². The first kappa shape index (κ1) is 15.8. The maximum absolute atomic E-state index is 13.2. The number of fused-ring (bicyclic) bond motifs is 1. The van der Waals surface area contributed by atoms with Crippen molar-refractivity contribution >= 4 is 16.9 Å². The lowest BCUT2D eigenvalue weighted by Gasteiger charge is -2.38. The average molecular weight is 318 g/mol. The molecular formula is C17H23FN4O. The van der Waals surface area contributed by atoms with E-state index in [0.29, 0.717) is 0 Å². The molecule has 0 aliphatic carbocycles. The third-order valence-corrected chi connectivity index (χ3v) is 4.22. The summed E-state index contributed by atoms with van der Waals surface area (Å²) in [5.41, 5.74) is 2.21. The number of H-pyrrole nitrogens is 1. The number of benzene rings is 1. The fourth-order valence-electron chi connectivity index (χ4n) is 2.75. The zero-order chi connectivity index (χ0) is 16.3. The number of aromatic amines is 1. The van der Waals surface area contributed by atoms with Gasteiger partial charge >= 0.3 is 0 Å². The van der Waals surface area contributed by atoms with E-state index in [1.165, 1.54) is 17.7 Å². The van der Waals surface area contributed by atoms with Gasteiger partial charge in [0.1, 0.15) is 5.82 Å². The summed E-state index contributed by atoms with van der Waals surface area (Å²) in [5, 5.41) is 7.72. The van der Waals surface area contributed by atoms with Crippen LogP contribution in [0.25, 0.3) is 10.9 Å². The predicted octanol–water partition coefficient (Wildman–Crippen LogP) is 2.05. The molecule has 124 valence electrons. The molecule has 1 aliphatic rings. The lowest BCUT2D eigenvalue weighted by atomic mass is 9.89. The number of hydrogen-bond donors (Lipinski definition) is 3. The van der Waals surface area contributed by atoms with Crippen molar-refractivity contribution < 1.29 is 9.13 Å². The second-order valence-corrected chi connectivity index (χ2v) is 6.41. The van der Waals surface area contributed by atoms with Crippen LogP contribution in [0.3, 0.4) is 0 Å². The Morgan fingerprint density at radius 1 is 1.39 bits per heavy atom. The van der Waals surface area contributed by atoms with Gasteiger partial charge in [-0.15, -0.1) is 0 Å². The quantitative estimate of drug-likeness (QED) is 0.584. The van der Waals surface area contributed by atoms with Crippen molar-refractivity contribution in [3.8, 4) is 0 Å².